The Morgan fingerprint density at radius 2 is 1.58 bits per heavy atom. The van der Waals surface area contributed by atoms with Crippen LogP contribution in [-0.2, 0) is 11.3 Å². The largest absolute Gasteiger partial charge is 0.485 e. The lowest BCUT2D eigenvalue weighted by molar-refractivity contribution is 0.0180. The van der Waals surface area contributed by atoms with Gasteiger partial charge in [0.05, 0.1) is 6.61 Å². The van der Waals surface area contributed by atoms with E-state index in [1.54, 1.807) is 7.11 Å². The summed E-state index contributed by atoms with van der Waals surface area (Å²) in [6.45, 7) is 10.8. The summed E-state index contributed by atoms with van der Waals surface area (Å²) in [6.07, 6.45) is 0. The molecule has 3 nitrogen and oxygen atoms in total. The lowest BCUT2D eigenvalue weighted by Gasteiger charge is -2.25. The molecule has 0 aliphatic heterocycles. The molecule has 0 aliphatic rings. The third-order valence-electron chi connectivity index (χ3n) is 3.33. The van der Waals surface area contributed by atoms with Crippen LogP contribution in [0.5, 0.6) is 5.75 Å². The molecule has 2 aromatic carbocycles. The highest BCUT2D eigenvalue weighted by molar-refractivity contribution is 5.26. The summed E-state index contributed by atoms with van der Waals surface area (Å²) in [5.74, 6) is 0.887. The first-order valence-corrected chi connectivity index (χ1v) is 8.46. The molecule has 0 atom stereocenters. The number of aryl methyl sites for hydroxylation is 1. The highest BCUT2D eigenvalue weighted by atomic mass is 16.5. The third kappa shape index (κ3) is 8.70. The Morgan fingerprint density at radius 3 is 2.12 bits per heavy atom. The van der Waals surface area contributed by atoms with Gasteiger partial charge in [0.15, 0.2) is 0 Å². The van der Waals surface area contributed by atoms with E-state index in [1.165, 1.54) is 11.1 Å². The number of nitrogens with one attached hydrogen (secondary N) is 1. The van der Waals surface area contributed by atoms with Crippen molar-refractivity contribution in [2.45, 2.75) is 39.8 Å². The Morgan fingerprint density at radius 1 is 0.958 bits per heavy atom. The fourth-order valence-corrected chi connectivity index (χ4v) is 2.17. The Kier molecular flexibility index (Phi) is 9.13. The van der Waals surface area contributed by atoms with E-state index < -0.39 is 0 Å². The molecule has 0 aromatic heterocycles. The minimum atomic E-state index is -0.274. The van der Waals surface area contributed by atoms with Crippen LogP contribution in [0.2, 0.25) is 0 Å². The zero-order valence-electron chi connectivity index (χ0n) is 15.6. The van der Waals surface area contributed by atoms with Gasteiger partial charge in [-0.3, -0.25) is 0 Å². The van der Waals surface area contributed by atoms with Crippen LogP contribution in [0.1, 0.15) is 31.9 Å². The van der Waals surface area contributed by atoms with Gasteiger partial charge in [0.1, 0.15) is 11.4 Å². The molecular weight excluding hydrogens is 298 g/mol. The normalized spacial score (nSPS) is 10.7. The first kappa shape index (κ1) is 20.2. The van der Waals surface area contributed by atoms with Crippen molar-refractivity contribution in [3.05, 3.63) is 65.7 Å². The second kappa shape index (κ2) is 10.8. The Hall–Kier alpha value is -1.84. The van der Waals surface area contributed by atoms with Gasteiger partial charge in [-0.15, -0.1) is 0 Å². The van der Waals surface area contributed by atoms with Gasteiger partial charge in [-0.25, -0.2) is 0 Å². The van der Waals surface area contributed by atoms with E-state index in [0.717, 1.165) is 18.8 Å². The number of rotatable bonds is 7. The van der Waals surface area contributed by atoms with Crippen molar-refractivity contribution in [3.63, 3.8) is 0 Å². The summed E-state index contributed by atoms with van der Waals surface area (Å²) in [5, 5.41) is 3.26. The van der Waals surface area contributed by atoms with Crippen molar-refractivity contribution in [2.75, 3.05) is 20.3 Å². The summed E-state index contributed by atoms with van der Waals surface area (Å²) in [5.41, 5.74) is 2.32. The molecule has 0 aliphatic carbocycles. The maximum absolute atomic E-state index is 5.77. The van der Waals surface area contributed by atoms with Gasteiger partial charge < -0.3 is 14.8 Å². The summed E-state index contributed by atoms with van der Waals surface area (Å²) in [7, 11) is 1.68. The van der Waals surface area contributed by atoms with Gasteiger partial charge in [0, 0.05) is 13.7 Å². The predicted octanol–water partition coefficient (Wildman–Crippen LogP) is 4.59. The zero-order valence-corrected chi connectivity index (χ0v) is 15.6. The van der Waals surface area contributed by atoms with Gasteiger partial charge in [0.25, 0.3) is 0 Å². The van der Waals surface area contributed by atoms with Crippen LogP contribution in [0.4, 0.5) is 0 Å². The van der Waals surface area contributed by atoms with E-state index in [0.29, 0.717) is 6.61 Å². The van der Waals surface area contributed by atoms with Crippen molar-refractivity contribution in [2.24, 2.45) is 0 Å². The lowest BCUT2D eigenvalue weighted by Crippen LogP contribution is -2.33. The summed E-state index contributed by atoms with van der Waals surface area (Å²) < 4.78 is 10.8. The SMILES string of the molecule is CCNCc1ccccc1.COCC(C)(C)Oc1ccc(C)cc1. The van der Waals surface area contributed by atoms with Gasteiger partial charge in [-0.2, -0.15) is 0 Å². The monoisotopic (exact) mass is 329 g/mol. The minimum Gasteiger partial charge on any atom is -0.485 e. The zero-order chi connectivity index (χ0) is 17.8. The van der Waals surface area contributed by atoms with Crippen LogP contribution in [0.3, 0.4) is 0 Å². The Labute approximate surface area is 147 Å². The quantitative estimate of drug-likeness (QED) is 0.805. The second-order valence-corrected chi connectivity index (χ2v) is 6.37. The van der Waals surface area contributed by atoms with Crippen molar-refractivity contribution >= 4 is 0 Å². The molecule has 2 rings (SSSR count). The molecule has 24 heavy (non-hydrogen) atoms. The van der Waals surface area contributed by atoms with Crippen molar-refractivity contribution in [3.8, 4) is 5.75 Å². The van der Waals surface area contributed by atoms with E-state index >= 15 is 0 Å². The molecule has 0 heterocycles. The molecule has 0 amide bonds. The highest BCUT2D eigenvalue weighted by Gasteiger charge is 2.19. The third-order valence-corrected chi connectivity index (χ3v) is 3.33. The number of ether oxygens (including phenoxy) is 2. The summed E-state index contributed by atoms with van der Waals surface area (Å²) in [6, 6.07) is 18.5. The fraction of sp³-hybridized carbons (Fsp3) is 0.429. The number of hydrogen-bond acceptors (Lipinski definition) is 3. The van der Waals surface area contributed by atoms with Gasteiger partial charge >= 0.3 is 0 Å². The molecule has 0 saturated carbocycles. The summed E-state index contributed by atoms with van der Waals surface area (Å²) >= 11 is 0. The molecule has 132 valence electrons. The topological polar surface area (TPSA) is 30.5 Å². The summed E-state index contributed by atoms with van der Waals surface area (Å²) in [4.78, 5) is 0. The van der Waals surface area contributed by atoms with E-state index in [4.69, 9.17) is 9.47 Å². The molecule has 0 radical (unpaired) electrons. The van der Waals surface area contributed by atoms with Gasteiger partial charge in [0.2, 0.25) is 0 Å². The minimum absolute atomic E-state index is 0.274. The smallest absolute Gasteiger partial charge is 0.127 e. The molecule has 1 N–H and O–H groups in total. The Bertz CT molecular complexity index is 550. The standard InChI is InChI=1S/C12H18O2.C9H13N/c1-10-5-7-11(8-6-10)14-12(2,3)9-13-4;1-2-10-8-9-6-4-3-5-7-9/h5-8H,9H2,1-4H3;3-7,10H,2,8H2,1H3. The molecule has 0 unspecified atom stereocenters. The van der Waals surface area contributed by atoms with Crippen LogP contribution >= 0.6 is 0 Å². The van der Waals surface area contributed by atoms with E-state index in [1.807, 2.05) is 44.2 Å². The van der Waals surface area contributed by atoms with Gasteiger partial charge in [-0.05, 0) is 45.0 Å². The molecular formula is C21H31NO2. The van der Waals surface area contributed by atoms with E-state index in [-0.39, 0.29) is 5.60 Å². The maximum Gasteiger partial charge on any atom is 0.127 e. The first-order valence-electron chi connectivity index (χ1n) is 8.46. The van der Waals surface area contributed by atoms with Crippen LogP contribution in [0.25, 0.3) is 0 Å². The number of hydrogen-bond donors (Lipinski definition) is 1. The average molecular weight is 329 g/mol. The van der Waals surface area contributed by atoms with E-state index in [9.17, 15) is 0 Å². The van der Waals surface area contributed by atoms with Crippen LogP contribution in [0, 0.1) is 6.92 Å². The first-order chi connectivity index (χ1) is 11.5. The van der Waals surface area contributed by atoms with Crippen molar-refractivity contribution in [1.82, 2.24) is 5.32 Å². The molecule has 0 spiro atoms. The van der Waals surface area contributed by atoms with Crippen molar-refractivity contribution < 1.29 is 9.47 Å². The van der Waals surface area contributed by atoms with Crippen molar-refractivity contribution in [1.29, 1.82) is 0 Å². The molecule has 0 fully saturated rings. The number of benzene rings is 2. The fourth-order valence-electron chi connectivity index (χ4n) is 2.17. The van der Waals surface area contributed by atoms with Crippen LogP contribution in [0.15, 0.2) is 54.6 Å². The molecule has 0 bridgehead atoms. The highest BCUT2D eigenvalue weighted by Crippen LogP contribution is 2.18. The molecule has 2 aromatic rings. The van der Waals surface area contributed by atoms with Gasteiger partial charge in [-0.1, -0.05) is 55.0 Å². The maximum atomic E-state index is 5.77. The number of methoxy groups -OCH3 is 1. The van der Waals surface area contributed by atoms with Crippen LogP contribution in [-0.4, -0.2) is 25.9 Å². The Balaban J connectivity index is 0.000000254. The van der Waals surface area contributed by atoms with E-state index in [2.05, 4.69) is 43.4 Å². The average Bonchev–Trinajstić information content (AvgIpc) is 2.56. The molecule has 0 saturated heterocycles. The lowest BCUT2D eigenvalue weighted by atomic mass is 10.1. The second-order valence-electron chi connectivity index (χ2n) is 6.37. The predicted molar refractivity (Wildman–Crippen MR) is 102 cm³/mol. The van der Waals surface area contributed by atoms with Crippen LogP contribution < -0.4 is 10.1 Å². The molecule has 3 heteroatoms.